The van der Waals surface area contributed by atoms with Gasteiger partial charge in [0.2, 0.25) is 0 Å². The average molecular weight is 208 g/mol. The molecule has 0 aliphatic carbocycles. The molecule has 1 atom stereocenters. The first-order valence-corrected chi connectivity index (χ1v) is 4.73. The second-order valence-corrected chi connectivity index (χ2v) is 3.96. The Bertz CT molecular complexity index is 415. The summed E-state index contributed by atoms with van der Waals surface area (Å²) in [5.41, 5.74) is 6.12. The zero-order chi connectivity index (χ0) is 11.1. The Morgan fingerprint density at radius 2 is 2.33 bits per heavy atom. The maximum Gasteiger partial charge on any atom is 0.273 e. The first-order chi connectivity index (χ1) is 6.98. The van der Waals surface area contributed by atoms with Crippen molar-refractivity contribution in [2.24, 2.45) is 5.73 Å². The Labute approximate surface area is 87.0 Å². The van der Waals surface area contributed by atoms with E-state index in [-0.39, 0.29) is 5.69 Å². The molecule has 0 fully saturated rings. The van der Waals surface area contributed by atoms with E-state index in [0.29, 0.717) is 5.75 Å². The lowest BCUT2D eigenvalue weighted by Crippen LogP contribution is -2.45. The molecule has 1 aliphatic heterocycles. The van der Waals surface area contributed by atoms with Crippen LogP contribution in [0.4, 0.5) is 5.69 Å². The molecule has 0 radical (unpaired) electrons. The molecule has 80 valence electrons. The molecule has 1 unspecified atom stereocenters. The molecule has 1 aromatic carbocycles. The van der Waals surface area contributed by atoms with E-state index < -0.39 is 10.6 Å². The van der Waals surface area contributed by atoms with Crippen molar-refractivity contribution in [1.82, 2.24) is 0 Å². The molecule has 0 spiro atoms. The minimum atomic E-state index is -0.720. The van der Waals surface area contributed by atoms with Crippen LogP contribution in [0.15, 0.2) is 18.2 Å². The molecular weight excluding hydrogens is 196 g/mol. The number of aryl methyl sites for hydroxylation is 1. The van der Waals surface area contributed by atoms with Gasteiger partial charge >= 0.3 is 0 Å². The number of nitro groups is 1. The molecule has 5 heteroatoms. The summed E-state index contributed by atoms with van der Waals surface area (Å²) in [5.74, 6) is 0.528. The first-order valence-electron chi connectivity index (χ1n) is 4.73. The van der Waals surface area contributed by atoms with E-state index >= 15 is 0 Å². The van der Waals surface area contributed by atoms with Gasteiger partial charge in [-0.15, -0.1) is 0 Å². The number of hydrogen-bond acceptors (Lipinski definition) is 4. The van der Waals surface area contributed by atoms with Crippen LogP contribution in [0.1, 0.15) is 18.9 Å². The Kier molecular flexibility index (Phi) is 2.12. The summed E-state index contributed by atoms with van der Waals surface area (Å²) in [4.78, 5) is 10.1. The molecule has 1 heterocycles. The fraction of sp³-hybridized carbons (Fsp3) is 0.400. The first kappa shape index (κ1) is 9.92. The van der Waals surface area contributed by atoms with Gasteiger partial charge in [0.15, 0.2) is 5.72 Å². The van der Waals surface area contributed by atoms with E-state index in [1.807, 2.05) is 0 Å². The summed E-state index contributed by atoms with van der Waals surface area (Å²) < 4.78 is 5.48. The van der Waals surface area contributed by atoms with E-state index in [1.54, 1.807) is 13.0 Å². The Morgan fingerprint density at radius 1 is 1.60 bits per heavy atom. The predicted octanol–water partition coefficient (Wildman–Crippen LogP) is 1.59. The number of rotatable bonds is 1. The molecule has 1 aliphatic rings. The van der Waals surface area contributed by atoms with E-state index in [4.69, 9.17) is 10.5 Å². The molecule has 0 amide bonds. The highest BCUT2D eigenvalue weighted by Crippen LogP contribution is 2.33. The largest absolute Gasteiger partial charge is 0.473 e. The topological polar surface area (TPSA) is 78.4 Å². The number of nitrogens with two attached hydrogens (primary N) is 1. The number of fused-ring (bicyclic) bond motifs is 1. The van der Waals surface area contributed by atoms with Crippen LogP contribution in [-0.4, -0.2) is 10.6 Å². The minimum absolute atomic E-state index is 0.0338. The summed E-state index contributed by atoms with van der Waals surface area (Å²) in [6, 6.07) is 4.64. The smallest absolute Gasteiger partial charge is 0.273 e. The summed E-state index contributed by atoms with van der Waals surface area (Å²) in [6.07, 6.45) is 1.51. The maximum absolute atomic E-state index is 10.6. The van der Waals surface area contributed by atoms with Crippen LogP contribution < -0.4 is 10.5 Å². The third kappa shape index (κ3) is 1.92. The molecule has 5 nitrogen and oxygen atoms in total. The van der Waals surface area contributed by atoms with Crippen molar-refractivity contribution in [3.05, 3.63) is 33.9 Å². The Balaban J connectivity index is 2.39. The van der Waals surface area contributed by atoms with Gasteiger partial charge in [0.05, 0.1) is 11.0 Å². The summed E-state index contributed by atoms with van der Waals surface area (Å²) in [6.45, 7) is 1.77. The molecule has 0 saturated carbocycles. The monoisotopic (exact) mass is 208 g/mol. The molecule has 2 N–H and O–H groups in total. The molecule has 0 bridgehead atoms. The van der Waals surface area contributed by atoms with Crippen LogP contribution >= 0.6 is 0 Å². The van der Waals surface area contributed by atoms with E-state index in [0.717, 1.165) is 18.4 Å². The fourth-order valence-corrected chi connectivity index (χ4v) is 1.64. The van der Waals surface area contributed by atoms with Crippen LogP contribution in [0.25, 0.3) is 0 Å². The van der Waals surface area contributed by atoms with Crippen molar-refractivity contribution < 1.29 is 9.66 Å². The molecule has 0 aromatic heterocycles. The Hall–Kier alpha value is -1.62. The minimum Gasteiger partial charge on any atom is -0.473 e. The number of hydrogen-bond donors (Lipinski definition) is 1. The molecular formula is C10H12N2O3. The van der Waals surface area contributed by atoms with Crippen LogP contribution in [0.5, 0.6) is 5.75 Å². The number of nitrogens with zero attached hydrogens (tertiary/aromatic N) is 1. The quantitative estimate of drug-likeness (QED) is 0.561. The Morgan fingerprint density at radius 3 is 3.00 bits per heavy atom. The zero-order valence-corrected chi connectivity index (χ0v) is 8.40. The lowest BCUT2D eigenvalue weighted by atomic mass is 9.99. The lowest BCUT2D eigenvalue weighted by molar-refractivity contribution is -0.385. The second-order valence-electron chi connectivity index (χ2n) is 3.96. The van der Waals surface area contributed by atoms with Crippen molar-refractivity contribution in [2.45, 2.75) is 25.5 Å². The van der Waals surface area contributed by atoms with E-state index in [9.17, 15) is 10.1 Å². The van der Waals surface area contributed by atoms with Crippen LogP contribution in [0, 0.1) is 10.1 Å². The van der Waals surface area contributed by atoms with Crippen molar-refractivity contribution in [3.63, 3.8) is 0 Å². The summed E-state index contributed by atoms with van der Waals surface area (Å²) >= 11 is 0. The summed E-state index contributed by atoms with van der Waals surface area (Å²) in [5, 5.41) is 10.6. The third-order valence-electron chi connectivity index (χ3n) is 2.50. The van der Waals surface area contributed by atoms with Crippen molar-refractivity contribution in [2.75, 3.05) is 0 Å². The van der Waals surface area contributed by atoms with Crippen molar-refractivity contribution in [1.29, 1.82) is 0 Å². The van der Waals surface area contributed by atoms with Gasteiger partial charge in [-0.25, -0.2) is 0 Å². The van der Waals surface area contributed by atoms with Gasteiger partial charge in [0.1, 0.15) is 5.75 Å². The number of ether oxygens (including phenoxy) is 1. The highest BCUT2D eigenvalue weighted by atomic mass is 16.6. The number of benzene rings is 1. The molecule has 1 aromatic rings. The van der Waals surface area contributed by atoms with Crippen LogP contribution in [0.3, 0.4) is 0 Å². The SMILES string of the molecule is CC1(N)CCc2ccc([N+](=O)[O-])cc2O1. The average Bonchev–Trinajstić information content (AvgIpc) is 2.15. The van der Waals surface area contributed by atoms with Gasteiger partial charge < -0.3 is 4.74 Å². The number of non-ortho nitro benzene ring substituents is 1. The van der Waals surface area contributed by atoms with Gasteiger partial charge in [-0.05, 0) is 25.0 Å². The summed E-state index contributed by atoms with van der Waals surface area (Å²) in [7, 11) is 0. The highest BCUT2D eigenvalue weighted by Gasteiger charge is 2.28. The van der Waals surface area contributed by atoms with Gasteiger partial charge in [-0.2, -0.15) is 0 Å². The van der Waals surface area contributed by atoms with Gasteiger partial charge in [0.25, 0.3) is 5.69 Å². The standard InChI is InChI=1S/C10H12N2O3/c1-10(11)5-4-7-2-3-8(12(13)14)6-9(7)15-10/h2-3,6H,4-5,11H2,1H3. The van der Waals surface area contributed by atoms with Crippen LogP contribution in [0.2, 0.25) is 0 Å². The second kappa shape index (κ2) is 3.20. The maximum atomic E-state index is 10.6. The molecule has 15 heavy (non-hydrogen) atoms. The molecule has 0 saturated heterocycles. The van der Waals surface area contributed by atoms with Crippen LogP contribution in [-0.2, 0) is 6.42 Å². The van der Waals surface area contributed by atoms with E-state index in [2.05, 4.69) is 0 Å². The molecule has 2 rings (SSSR count). The van der Waals surface area contributed by atoms with Gasteiger partial charge in [0, 0.05) is 12.5 Å². The fourth-order valence-electron chi connectivity index (χ4n) is 1.64. The highest BCUT2D eigenvalue weighted by molar-refractivity contribution is 5.45. The van der Waals surface area contributed by atoms with Crippen molar-refractivity contribution in [3.8, 4) is 5.75 Å². The van der Waals surface area contributed by atoms with Gasteiger partial charge in [-0.1, -0.05) is 0 Å². The van der Waals surface area contributed by atoms with Gasteiger partial charge in [-0.3, -0.25) is 15.8 Å². The van der Waals surface area contributed by atoms with Crippen molar-refractivity contribution >= 4 is 5.69 Å². The lowest BCUT2D eigenvalue weighted by Gasteiger charge is -2.31. The normalized spacial score (nSPS) is 24.1. The number of nitro benzene ring substituents is 1. The third-order valence-corrected chi connectivity index (χ3v) is 2.50. The zero-order valence-electron chi connectivity index (χ0n) is 8.40. The predicted molar refractivity (Wildman–Crippen MR) is 54.6 cm³/mol. The van der Waals surface area contributed by atoms with E-state index in [1.165, 1.54) is 12.1 Å².